The molecule has 4 heteroatoms. The van der Waals surface area contributed by atoms with Crippen LogP contribution in [-0.4, -0.2) is 16.7 Å². The Bertz CT molecular complexity index is 808. The lowest BCUT2D eigenvalue weighted by Gasteiger charge is -2.13. The van der Waals surface area contributed by atoms with Crippen molar-refractivity contribution in [1.82, 2.24) is 9.55 Å². The Labute approximate surface area is 132 Å². The van der Waals surface area contributed by atoms with Crippen molar-refractivity contribution in [2.45, 2.75) is 20.4 Å². The van der Waals surface area contributed by atoms with Crippen LogP contribution >= 0.6 is 15.9 Å². The van der Waals surface area contributed by atoms with Gasteiger partial charge in [0.25, 0.3) is 0 Å². The summed E-state index contributed by atoms with van der Waals surface area (Å²) in [6.45, 7) is 4.82. The van der Waals surface area contributed by atoms with E-state index >= 15 is 0 Å². The Balaban J connectivity index is 2.05. The molecule has 0 N–H and O–H groups in total. The summed E-state index contributed by atoms with van der Waals surface area (Å²) in [5, 5.41) is 1.22. The minimum absolute atomic E-state index is 0.739. The molecule has 0 radical (unpaired) electrons. The van der Waals surface area contributed by atoms with E-state index in [1.807, 2.05) is 13.1 Å². The van der Waals surface area contributed by atoms with Gasteiger partial charge in [-0.25, -0.2) is 0 Å². The lowest BCUT2D eigenvalue weighted by Crippen LogP contribution is -2.05. The van der Waals surface area contributed by atoms with Crippen molar-refractivity contribution in [2.24, 2.45) is 0 Å². The van der Waals surface area contributed by atoms with Gasteiger partial charge in [0.2, 0.25) is 0 Å². The predicted octanol–water partition coefficient (Wildman–Crippen LogP) is 4.47. The molecule has 0 amide bonds. The summed E-state index contributed by atoms with van der Waals surface area (Å²) in [5.74, 6) is 0.928. The molecule has 0 fully saturated rings. The van der Waals surface area contributed by atoms with Crippen molar-refractivity contribution >= 4 is 26.8 Å². The predicted molar refractivity (Wildman–Crippen MR) is 89.0 cm³/mol. The molecule has 0 atom stereocenters. The lowest BCUT2D eigenvalue weighted by atomic mass is 10.1. The summed E-state index contributed by atoms with van der Waals surface area (Å²) in [4.78, 5) is 4.58. The highest BCUT2D eigenvalue weighted by atomic mass is 79.9. The standard InChI is InChI=1S/C17H17BrN2O/c1-11-9-19-15(12(2)17(11)21-3)10-20-8-7-13-14(18)5-4-6-16(13)20/h4-9H,10H2,1-3H3. The Hall–Kier alpha value is -1.81. The van der Waals surface area contributed by atoms with E-state index in [0.717, 1.165) is 33.6 Å². The maximum absolute atomic E-state index is 5.49. The van der Waals surface area contributed by atoms with E-state index in [1.54, 1.807) is 7.11 Å². The average Bonchev–Trinajstić information content (AvgIpc) is 2.87. The number of hydrogen-bond acceptors (Lipinski definition) is 2. The molecule has 0 aliphatic rings. The molecule has 3 rings (SSSR count). The normalized spacial score (nSPS) is 11.0. The fourth-order valence-corrected chi connectivity index (χ4v) is 3.20. The van der Waals surface area contributed by atoms with Crippen LogP contribution in [0.4, 0.5) is 0 Å². The second-order valence-corrected chi connectivity index (χ2v) is 6.02. The number of pyridine rings is 1. The lowest BCUT2D eigenvalue weighted by molar-refractivity contribution is 0.406. The van der Waals surface area contributed by atoms with Crippen molar-refractivity contribution in [2.75, 3.05) is 7.11 Å². The van der Waals surface area contributed by atoms with E-state index < -0.39 is 0 Å². The van der Waals surface area contributed by atoms with Gasteiger partial charge in [0.05, 0.1) is 19.3 Å². The first-order chi connectivity index (χ1) is 10.1. The minimum atomic E-state index is 0.739. The fraction of sp³-hybridized carbons (Fsp3) is 0.235. The number of aryl methyl sites for hydroxylation is 1. The summed E-state index contributed by atoms with van der Waals surface area (Å²) < 4.78 is 8.81. The Morgan fingerprint density at radius 1 is 1.24 bits per heavy atom. The topological polar surface area (TPSA) is 27.1 Å². The van der Waals surface area contributed by atoms with E-state index in [0.29, 0.717) is 0 Å². The third-order valence-corrected chi connectivity index (χ3v) is 4.52. The van der Waals surface area contributed by atoms with Crippen molar-refractivity contribution < 1.29 is 4.74 Å². The molecular weight excluding hydrogens is 328 g/mol. The van der Waals surface area contributed by atoms with E-state index in [-0.39, 0.29) is 0 Å². The van der Waals surface area contributed by atoms with Crippen molar-refractivity contribution in [1.29, 1.82) is 0 Å². The van der Waals surface area contributed by atoms with E-state index in [1.165, 1.54) is 10.9 Å². The molecule has 0 spiro atoms. The summed E-state index contributed by atoms with van der Waals surface area (Å²) in [6, 6.07) is 8.37. The van der Waals surface area contributed by atoms with Gasteiger partial charge < -0.3 is 9.30 Å². The van der Waals surface area contributed by atoms with Crippen LogP contribution in [0.5, 0.6) is 5.75 Å². The molecule has 0 aliphatic carbocycles. The minimum Gasteiger partial charge on any atom is -0.496 e. The largest absolute Gasteiger partial charge is 0.496 e. The quantitative estimate of drug-likeness (QED) is 0.700. The molecule has 3 nitrogen and oxygen atoms in total. The number of hydrogen-bond donors (Lipinski definition) is 0. The van der Waals surface area contributed by atoms with E-state index in [4.69, 9.17) is 4.74 Å². The first-order valence-electron chi connectivity index (χ1n) is 6.84. The molecule has 3 aromatic rings. The SMILES string of the molecule is COc1c(C)cnc(Cn2ccc3c(Br)cccc32)c1C. The highest BCUT2D eigenvalue weighted by molar-refractivity contribution is 9.10. The zero-order valence-corrected chi connectivity index (χ0v) is 13.9. The Morgan fingerprint density at radius 3 is 2.81 bits per heavy atom. The summed E-state index contributed by atoms with van der Waals surface area (Å²) in [5.41, 5.74) is 4.41. The molecule has 0 saturated heterocycles. The van der Waals surface area contributed by atoms with Gasteiger partial charge in [0, 0.05) is 38.9 Å². The molecule has 2 aromatic heterocycles. The van der Waals surface area contributed by atoms with Crippen molar-refractivity contribution in [3.63, 3.8) is 0 Å². The zero-order chi connectivity index (χ0) is 15.0. The monoisotopic (exact) mass is 344 g/mol. The van der Waals surface area contributed by atoms with Gasteiger partial charge in [0.1, 0.15) is 5.75 Å². The molecule has 108 valence electrons. The summed E-state index contributed by atoms with van der Waals surface area (Å²) in [7, 11) is 1.71. The van der Waals surface area contributed by atoms with Crippen LogP contribution in [0.1, 0.15) is 16.8 Å². The van der Waals surface area contributed by atoms with Gasteiger partial charge in [-0.15, -0.1) is 0 Å². The molecular formula is C17H17BrN2O. The first-order valence-corrected chi connectivity index (χ1v) is 7.63. The van der Waals surface area contributed by atoms with Crippen LogP contribution in [0.3, 0.4) is 0 Å². The maximum Gasteiger partial charge on any atom is 0.128 e. The molecule has 0 aliphatic heterocycles. The van der Waals surface area contributed by atoms with Crippen LogP contribution < -0.4 is 4.74 Å². The van der Waals surface area contributed by atoms with Gasteiger partial charge in [-0.3, -0.25) is 4.98 Å². The molecule has 1 aromatic carbocycles. The van der Waals surface area contributed by atoms with Gasteiger partial charge in [-0.2, -0.15) is 0 Å². The number of ether oxygens (including phenoxy) is 1. The molecule has 0 saturated carbocycles. The number of rotatable bonds is 3. The summed E-state index contributed by atoms with van der Waals surface area (Å²) in [6.07, 6.45) is 3.98. The number of fused-ring (bicyclic) bond motifs is 1. The van der Waals surface area contributed by atoms with Crippen molar-refractivity contribution in [3.05, 3.63) is 58.0 Å². The van der Waals surface area contributed by atoms with E-state index in [9.17, 15) is 0 Å². The number of halogens is 1. The van der Waals surface area contributed by atoms with Gasteiger partial charge in [-0.05, 0) is 32.0 Å². The van der Waals surface area contributed by atoms with Crippen LogP contribution in [-0.2, 0) is 6.54 Å². The van der Waals surface area contributed by atoms with Crippen LogP contribution in [0.15, 0.2) is 41.1 Å². The second-order valence-electron chi connectivity index (χ2n) is 5.16. The third kappa shape index (κ3) is 2.44. The fourth-order valence-electron chi connectivity index (χ4n) is 2.72. The van der Waals surface area contributed by atoms with Gasteiger partial charge >= 0.3 is 0 Å². The van der Waals surface area contributed by atoms with Gasteiger partial charge in [-0.1, -0.05) is 22.0 Å². The number of methoxy groups -OCH3 is 1. The number of aromatic nitrogens is 2. The van der Waals surface area contributed by atoms with Crippen LogP contribution in [0.2, 0.25) is 0 Å². The third-order valence-electron chi connectivity index (χ3n) is 3.83. The Morgan fingerprint density at radius 2 is 2.05 bits per heavy atom. The molecule has 0 unspecified atom stereocenters. The zero-order valence-electron chi connectivity index (χ0n) is 12.4. The summed E-state index contributed by atoms with van der Waals surface area (Å²) >= 11 is 3.59. The van der Waals surface area contributed by atoms with Crippen LogP contribution in [0.25, 0.3) is 10.9 Å². The average molecular weight is 345 g/mol. The molecule has 2 heterocycles. The Kier molecular flexibility index (Phi) is 3.72. The first kappa shape index (κ1) is 14.1. The van der Waals surface area contributed by atoms with E-state index in [2.05, 4.69) is 62.9 Å². The smallest absolute Gasteiger partial charge is 0.128 e. The molecule has 0 bridgehead atoms. The second kappa shape index (κ2) is 5.53. The number of nitrogens with zero attached hydrogens (tertiary/aromatic N) is 2. The van der Waals surface area contributed by atoms with Gasteiger partial charge in [0.15, 0.2) is 0 Å². The highest BCUT2D eigenvalue weighted by Gasteiger charge is 2.11. The van der Waals surface area contributed by atoms with Crippen molar-refractivity contribution in [3.8, 4) is 5.75 Å². The highest BCUT2D eigenvalue weighted by Crippen LogP contribution is 2.28. The molecule has 21 heavy (non-hydrogen) atoms. The van der Waals surface area contributed by atoms with Crippen LogP contribution in [0, 0.1) is 13.8 Å². The number of benzene rings is 1. The maximum atomic E-state index is 5.49.